The molecular formula is C16H23FN6O4. The number of ether oxygens (including phenoxy) is 2. The SMILES string of the molecule is CNc1nc(F)nc2c1ncn2[C@H]1C[C@H](O)[C@@](C)(COC(=O)NC(C)C)O1. The number of alkyl carbamates (subject to hydrolysis) is 1. The zero-order valence-electron chi connectivity index (χ0n) is 15.6. The molecule has 1 amide bonds. The van der Waals surface area contributed by atoms with Gasteiger partial charge in [-0.3, -0.25) is 4.57 Å². The van der Waals surface area contributed by atoms with Crippen molar-refractivity contribution < 1.29 is 23.8 Å². The number of anilines is 1. The number of halogens is 1. The summed E-state index contributed by atoms with van der Waals surface area (Å²) in [5.74, 6) is 0.256. The summed E-state index contributed by atoms with van der Waals surface area (Å²) in [5, 5.41) is 15.8. The molecule has 10 nitrogen and oxygen atoms in total. The van der Waals surface area contributed by atoms with Gasteiger partial charge < -0.3 is 25.2 Å². The number of aliphatic hydroxyl groups is 1. The predicted molar refractivity (Wildman–Crippen MR) is 93.6 cm³/mol. The third-order valence-electron chi connectivity index (χ3n) is 4.37. The van der Waals surface area contributed by atoms with Gasteiger partial charge in [-0.2, -0.15) is 14.4 Å². The summed E-state index contributed by atoms with van der Waals surface area (Å²) in [6.07, 6.45) is -1.38. The fraction of sp³-hybridized carbons (Fsp3) is 0.625. The quantitative estimate of drug-likeness (QED) is 0.659. The van der Waals surface area contributed by atoms with Crippen molar-refractivity contribution in [3.8, 4) is 0 Å². The van der Waals surface area contributed by atoms with Gasteiger partial charge in [0.2, 0.25) is 0 Å². The Kier molecular flexibility index (Phi) is 5.16. The van der Waals surface area contributed by atoms with Crippen LogP contribution in [0.5, 0.6) is 0 Å². The Morgan fingerprint density at radius 3 is 2.96 bits per heavy atom. The number of aromatic nitrogens is 4. The molecule has 2 aromatic rings. The average molecular weight is 382 g/mol. The predicted octanol–water partition coefficient (Wildman–Crippen LogP) is 1.18. The Morgan fingerprint density at radius 1 is 1.56 bits per heavy atom. The van der Waals surface area contributed by atoms with Gasteiger partial charge in [0.25, 0.3) is 0 Å². The Morgan fingerprint density at radius 2 is 2.30 bits per heavy atom. The lowest BCUT2D eigenvalue weighted by atomic mass is 10.0. The van der Waals surface area contributed by atoms with Gasteiger partial charge in [-0.1, -0.05) is 0 Å². The normalized spacial score (nSPS) is 25.1. The van der Waals surface area contributed by atoms with Crippen LogP contribution in [0.25, 0.3) is 11.2 Å². The highest BCUT2D eigenvalue weighted by Gasteiger charge is 2.46. The first-order valence-corrected chi connectivity index (χ1v) is 8.60. The summed E-state index contributed by atoms with van der Waals surface area (Å²) in [4.78, 5) is 23.4. The molecule has 0 spiro atoms. The number of hydrogen-bond donors (Lipinski definition) is 3. The van der Waals surface area contributed by atoms with Crippen molar-refractivity contribution in [2.75, 3.05) is 19.0 Å². The van der Waals surface area contributed by atoms with Crippen molar-refractivity contribution >= 4 is 23.1 Å². The summed E-state index contributed by atoms with van der Waals surface area (Å²) in [6.45, 7) is 5.13. The molecule has 11 heteroatoms. The summed E-state index contributed by atoms with van der Waals surface area (Å²) >= 11 is 0. The van der Waals surface area contributed by atoms with Crippen LogP contribution in [0.3, 0.4) is 0 Å². The van der Waals surface area contributed by atoms with Crippen LogP contribution in [-0.4, -0.2) is 62.1 Å². The molecule has 0 bridgehead atoms. The maximum atomic E-state index is 13.7. The highest BCUT2D eigenvalue weighted by molar-refractivity contribution is 5.82. The van der Waals surface area contributed by atoms with E-state index in [1.54, 1.807) is 14.0 Å². The highest BCUT2D eigenvalue weighted by Crippen LogP contribution is 2.38. The molecular weight excluding hydrogens is 359 g/mol. The van der Waals surface area contributed by atoms with Crippen LogP contribution >= 0.6 is 0 Å². The van der Waals surface area contributed by atoms with E-state index in [4.69, 9.17) is 9.47 Å². The fourth-order valence-corrected chi connectivity index (χ4v) is 2.94. The van der Waals surface area contributed by atoms with E-state index in [2.05, 4.69) is 25.6 Å². The van der Waals surface area contributed by atoms with Gasteiger partial charge in [-0.05, 0) is 20.8 Å². The van der Waals surface area contributed by atoms with Crippen molar-refractivity contribution in [2.24, 2.45) is 0 Å². The van der Waals surface area contributed by atoms with Gasteiger partial charge in [0.05, 0.1) is 12.4 Å². The molecule has 2 aromatic heterocycles. The number of carbonyl (C=O) groups excluding carboxylic acids is 1. The molecule has 148 valence electrons. The zero-order chi connectivity index (χ0) is 19.8. The van der Waals surface area contributed by atoms with Crippen LogP contribution in [0.15, 0.2) is 6.33 Å². The van der Waals surface area contributed by atoms with Gasteiger partial charge >= 0.3 is 12.2 Å². The first-order valence-electron chi connectivity index (χ1n) is 8.60. The van der Waals surface area contributed by atoms with Crippen LogP contribution in [0.4, 0.5) is 15.0 Å². The molecule has 1 aliphatic rings. The minimum absolute atomic E-state index is 0.0688. The van der Waals surface area contributed by atoms with Crippen LogP contribution in [0.1, 0.15) is 33.4 Å². The molecule has 0 unspecified atom stereocenters. The van der Waals surface area contributed by atoms with Crippen molar-refractivity contribution in [3.05, 3.63) is 12.4 Å². The molecule has 0 aliphatic carbocycles. The average Bonchev–Trinajstić information content (AvgIpc) is 3.13. The largest absolute Gasteiger partial charge is 0.446 e. The number of rotatable bonds is 5. The second kappa shape index (κ2) is 7.24. The maximum absolute atomic E-state index is 13.7. The molecule has 1 fully saturated rings. The molecule has 3 heterocycles. The minimum atomic E-state index is -1.12. The topological polar surface area (TPSA) is 123 Å². The van der Waals surface area contributed by atoms with Crippen molar-refractivity contribution in [1.29, 1.82) is 0 Å². The van der Waals surface area contributed by atoms with E-state index in [1.165, 1.54) is 10.9 Å². The lowest BCUT2D eigenvalue weighted by Gasteiger charge is -2.27. The number of imidazole rings is 1. The third-order valence-corrected chi connectivity index (χ3v) is 4.37. The lowest BCUT2D eigenvalue weighted by molar-refractivity contribution is -0.116. The van der Waals surface area contributed by atoms with Gasteiger partial charge in [0.1, 0.15) is 18.4 Å². The number of fused-ring (bicyclic) bond motifs is 1. The minimum Gasteiger partial charge on any atom is -0.446 e. The number of carbonyl (C=O) groups is 1. The van der Waals surface area contributed by atoms with E-state index in [-0.39, 0.29) is 30.5 Å². The molecule has 3 atom stereocenters. The van der Waals surface area contributed by atoms with E-state index < -0.39 is 30.1 Å². The molecule has 3 rings (SSSR count). The van der Waals surface area contributed by atoms with Crippen LogP contribution < -0.4 is 10.6 Å². The van der Waals surface area contributed by atoms with E-state index in [0.29, 0.717) is 5.52 Å². The number of nitrogens with zero attached hydrogens (tertiary/aromatic N) is 4. The van der Waals surface area contributed by atoms with E-state index >= 15 is 0 Å². The Hall–Kier alpha value is -2.53. The Labute approximate surface area is 155 Å². The standard InChI is InChI=1S/C16H23FN6O4/c1-8(2)20-15(25)26-6-16(3)9(24)5-10(27-16)23-7-19-11-12(18-4)21-14(17)22-13(11)23/h7-10,24H,5-6H2,1-4H3,(H,20,25)(H,18,21,22)/t9-,10+,16+/m0/s1. The molecule has 0 saturated carbocycles. The molecule has 1 aliphatic heterocycles. The molecule has 1 saturated heterocycles. The van der Waals surface area contributed by atoms with Crippen molar-refractivity contribution in [3.63, 3.8) is 0 Å². The maximum Gasteiger partial charge on any atom is 0.407 e. The molecule has 0 aromatic carbocycles. The summed E-state index contributed by atoms with van der Waals surface area (Å²) in [5.41, 5.74) is -0.489. The number of amides is 1. The van der Waals surface area contributed by atoms with Gasteiger partial charge in [0, 0.05) is 19.5 Å². The first-order chi connectivity index (χ1) is 12.7. The van der Waals surface area contributed by atoms with Crippen LogP contribution in [0.2, 0.25) is 0 Å². The number of nitrogens with one attached hydrogen (secondary N) is 2. The van der Waals surface area contributed by atoms with Crippen molar-refractivity contribution in [2.45, 2.75) is 51.2 Å². The third kappa shape index (κ3) is 3.78. The zero-order valence-corrected chi connectivity index (χ0v) is 15.6. The Bertz CT molecular complexity index is 844. The summed E-state index contributed by atoms with van der Waals surface area (Å²) < 4.78 is 26.4. The Balaban J connectivity index is 1.79. The number of hydrogen-bond acceptors (Lipinski definition) is 8. The highest BCUT2D eigenvalue weighted by atomic mass is 19.1. The van der Waals surface area contributed by atoms with Crippen LogP contribution in [0, 0.1) is 6.08 Å². The molecule has 3 N–H and O–H groups in total. The van der Waals surface area contributed by atoms with Crippen LogP contribution in [-0.2, 0) is 9.47 Å². The second-order valence-corrected chi connectivity index (χ2v) is 6.93. The summed E-state index contributed by atoms with van der Waals surface area (Å²) in [6, 6.07) is -0.0688. The van der Waals surface area contributed by atoms with Crippen molar-refractivity contribution in [1.82, 2.24) is 24.8 Å². The van der Waals surface area contributed by atoms with E-state index in [0.717, 1.165) is 0 Å². The smallest absolute Gasteiger partial charge is 0.407 e. The van der Waals surface area contributed by atoms with E-state index in [9.17, 15) is 14.3 Å². The first kappa shape index (κ1) is 19.2. The summed E-state index contributed by atoms with van der Waals surface area (Å²) in [7, 11) is 1.60. The second-order valence-electron chi connectivity index (χ2n) is 6.93. The monoisotopic (exact) mass is 382 g/mol. The lowest BCUT2D eigenvalue weighted by Crippen LogP contribution is -2.43. The van der Waals surface area contributed by atoms with Gasteiger partial charge in [0.15, 0.2) is 17.0 Å². The molecule has 0 radical (unpaired) electrons. The fourth-order valence-electron chi connectivity index (χ4n) is 2.94. The van der Waals surface area contributed by atoms with E-state index in [1.807, 2.05) is 13.8 Å². The molecule has 27 heavy (non-hydrogen) atoms. The number of aliphatic hydroxyl groups excluding tert-OH is 1. The van der Waals surface area contributed by atoms with Gasteiger partial charge in [-0.25, -0.2) is 9.78 Å². The van der Waals surface area contributed by atoms with Gasteiger partial charge in [-0.15, -0.1) is 0 Å².